The third-order valence-electron chi connectivity index (χ3n) is 1.34. The highest BCUT2D eigenvalue weighted by atomic mass is 79.9. The number of nitrogens with zero attached hydrogens (tertiary/aromatic N) is 1. The summed E-state index contributed by atoms with van der Waals surface area (Å²) in [4.78, 5) is 2.84. The SMILES string of the molecule is CCN(CC)C(Br)CBr. The van der Waals surface area contributed by atoms with E-state index in [0.717, 1.165) is 18.4 Å². The second kappa shape index (κ2) is 5.69. The molecule has 0 bridgehead atoms. The minimum Gasteiger partial charge on any atom is -0.291 e. The second-order valence-electron chi connectivity index (χ2n) is 1.81. The number of rotatable bonds is 4. The van der Waals surface area contributed by atoms with Crippen molar-refractivity contribution in [2.45, 2.75) is 18.8 Å². The summed E-state index contributed by atoms with van der Waals surface area (Å²) in [6.07, 6.45) is 0. The first-order valence-corrected chi connectivity index (χ1v) is 5.24. The molecule has 0 aliphatic heterocycles. The molecule has 0 aromatic rings. The zero-order valence-corrected chi connectivity index (χ0v) is 9.07. The maximum absolute atomic E-state index is 3.54. The van der Waals surface area contributed by atoms with Crippen LogP contribution in [-0.2, 0) is 0 Å². The van der Waals surface area contributed by atoms with Crippen LogP contribution in [0.4, 0.5) is 0 Å². The lowest BCUT2D eigenvalue weighted by Gasteiger charge is -2.22. The van der Waals surface area contributed by atoms with Gasteiger partial charge in [-0.25, -0.2) is 0 Å². The van der Waals surface area contributed by atoms with E-state index < -0.39 is 0 Å². The Bertz CT molecular complexity index is 64.1. The maximum atomic E-state index is 3.54. The molecule has 3 heteroatoms. The fourth-order valence-corrected chi connectivity index (χ4v) is 1.71. The van der Waals surface area contributed by atoms with Gasteiger partial charge in [-0.1, -0.05) is 45.7 Å². The van der Waals surface area contributed by atoms with Gasteiger partial charge in [-0.2, -0.15) is 0 Å². The molecular weight excluding hydrogens is 246 g/mol. The van der Waals surface area contributed by atoms with Crippen LogP contribution in [0.3, 0.4) is 0 Å². The summed E-state index contributed by atoms with van der Waals surface area (Å²) in [5, 5.41) is 0.995. The van der Waals surface area contributed by atoms with Crippen molar-refractivity contribution in [2.24, 2.45) is 0 Å². The van der Waals surface area contributed by atoms with Crippen LogP contribution >= 0.6 is 31.9 Å². The van der Waals surface area contributed by atoms with Crippen molar-refractivity contribution >= 4 is 31.9 Å². The lowest BCUT2D eigenvalue weighted by atomic mass is 10.5. The van der Waals surface area contributed by atoms with Gasteiger partial charge in [0.1, 0.15) is 0 Å². The van der Waals surface area contributed by atoms with Crippen LogP contribution < -0.4 is 0 Å². The summed E-state index contributed by atoms with van der Waals surface area (Å²) in [6, 6.07) is 0. The molecule has 0 saturated carbocycles. The number of halogens is 2. The molecule has 0 radical (unpaired) electrons. The first-order valence-electron chi connectivity index (χ1n) is 3.20. The van der Waals surface area contributed by atoms with Crippen LogP contribution in [0.2, 0.25) is 0 Å². The minimum absolute atomic E-state index is 0.493. The van der Waals surface area contributed by atoms with Crippen LogP contribution in [0.15, 0.2) is 0 Å². The summed E-state index contributed by atoms with van der Waals surface area (Å²) in [5.74, 6) is 0. The van der Waals surface area contributed by atoms with Gasteiger partial charge >= 0.3 is 0 Å². The van der Waals surface area contributed by atoms with Crippen molar-refractivity contribution in [3.05, 3.63) is 0 Å². The summed E-state index contributed by atoms with van der Waals surface area (Å²) in [5.41, 5.74) is 0. The third-order valence-corrected chi connectivity index (χ3v) is 3.72. The third kappa shape index (κ3) is 3.58. The molecular formula is C6H13Br2N. The minimum atomic E-state index is 0.493. The Kier molecular flexibility index (Phi) is 6.27. The van der Waals surface area contributed by atoms with Gasteiger partial charge in [0.2, 0.25) is 0 Å². The molecule has 0 N–H and O–H groups in total. The number of alkyl halides is 2. The molecule has 0 saturated heterocycles. The van der Waals surface area contributed by atoms with E-state index in [9.17, 15) is 0 Å². The van der Waals surface area contributed by atoms with E-state index in [0.29, 0.717) is 4.95 Å². The Hall–Kier alpha value is 0.920. The predicted molar refractivity (Wildman–Crippen MR) is 49.4 cm³/mol. The van der Waals surface area contributed by atoms with E-state index in [4.69, 9.17) is 0 Å². The Labute approximate surface area is 74.1 Å². The average molecular weight is 259 g/mol. The van der Waals surface area contributed by atoms with Crippen molar-refractivity contribution < 1.29 is 0 Å². The summed E-state index contributed by atoms with van der Waals surface area (Å²) in [6.45, 7) is 6.55. The Morgan fingerprint density at radius 3 is 1.89 bits per heavy atom. The van der Waals surface area contributed by atoms with Crippen LogP contribution in [0.1, 0.15) is 13.8 Å². The van der Waals surface area contributed by atoms with Crippen LogP contribution in [0.5, 0.6) is 0 Å². The molecule has 0 heterocycles. The molecule has 56 valence electrons. The monoisotopic (exact) mass is 257 g/mol. The molecule has 0 spiro atoms. The van der Waals surface area contributed by atoms with E-state index >= 15 is 0 Å². The van der Waals surface area contributed by atoms with Crippen molar-refractivity contribution in [3.8, 4) is 0 Å². The highest BCUT2D eigenvalue weighted by Gasteiger charge is 2.08. The molecule has 9 heavy (non-hydrogen) atoms. The van der Waals surface area contributed by atoms with Gasteiger partial charge in [0, 0.05) is 5.33 Å². The van der Waals surface area contributed by atoms with Crippen molar-refractivity contribution in [1.82, 2.24) is 4.90 Å². The van der Waals surface area contributed by atoms with Gasteiger partial charge in [-0.15, -0.1) is 0 Å². The quantitative estimate of drug-likeness (QED) is 0.553. The highest BCUT2D eigenvalue weighted by Crippen LogP contribution is 2.08. The van der Waals surface area contributed by atoms with Gasteiger partial charge in [0.05, 0.1) is 4.95 Å². The lowest BCUT2D eigenvalue weighted by Crippen LogP contribution is -2.31. The fourth-order valence-electron chi connectivity index (χ4n) is 0.717. The summed E-state index contributed by atoms with van der Waals surface area (Å²) >= 11 is 6.95. The van der Waals surface area contributed by atoms with Crippen LogP contribution in [-0.4, -0.2) is 28.3 Å². The van der Waals surface area contributed by atoms with Gasteiger partial charge in [-0.3, -0.25) is 4.90 Å². The fraction of sp³-hybridized carbons (Fsp3) is 1.00. The van der Waals surface area contributed by atoms with Gasteiger partial charge in [-0.05, 0) is 13.1 Å². The molecule has 0 aliphatic rings. The van der Waals surface area contributed by atoms with E-state index in [1.807, 2.05) is 0 Å². The van der Waals surface area contributed by atoms with Crippen molar-refractivity contribution in [3.63, 3.8) is 0 Å². The molecule has 0 rings (SSSR count). The normalized spacial score (nSPS) is 14.3. The second-order valence-corrected chi connectivity index (χ2v) is 3.51. The molecule has 1 unspecified atom stereocenters. The van der Waals surface area contributed by atoms with Crippen molar-refractivity contribution in [1.29, 1.82) is 0 Å². The van der Waals surface area contributed by atoms with Gasteiger partial charge in [0.25, 0.3) is 0 Å². The van der Waals surface area contributed by atoms with E-state index in [1.165, 1.54) is 0 Å². The Morgan fingerprint density at radius 1 is 1.33 bits per heavy atom. The zero-order chi connectivity index (χ0) is 7.28. The lowest BCUT2D eigenvalue weighted by molar-refractivity contribution is 0.305. The first-order chi connectivity index (χ1) is 4.26. The molecule has 0 amide bonds. The Morgan fingerprint density at radius 2 is 1.78 bits per heavy atom. The molecule has 0 aromatic heterocycles. The molecule has 1 nitrogen and oxygen atoms in total. The van der Waals surface area contributed by atoms with E-state index in [2.05, 4.69) is 50.6 Å². The molecule has 1 atom stereocenters. The summed E-state index contributed by atoms with van der Waals surface area (Å²) < 4.78 is 0. The maximum Gasteiger partial charge on any atom is 0.0753 e. The van der Waals surface area contributed by atoms with Crippen molar-refractivity contribution in [2.75, 3.05) is 18.4 Å². The Balaban J connectivity index is 3.50. The van der Waals surface area contributed by atoms with E-state index in [-0.39, 0.29) is 0 Å². The molecule has 0 aromatic carbocycles. The molecule has 0 aliphatic carbocycles. The predicted octanol–water partition coefficient (Wildman–Crippen LogP) is 2.44. The summed E-state index contributed by atoms with van der Waals surface area (Å²) in [7, 11) is 0. The number of hydrogen-bond acceptors (Lipinski definition) is 1. The largest absolute Gasteiger partial charge is 0.291 e. The standard InChI is InChI=1S/C6H13Br2N/c1-3-9(4-2)6(8)5-7/h6H,3-5H2,1-2H3. The average Bonchev–Trinajstić information content (AvgIpc) is 1.90. The van der Waals surface area contributed by atoms with E-state index in [1.54, 1.807) is 0 Å². The first kappa shape index (κ1) is 9.92. The van der Waals surface area contributed by atoms with Crippen LogP contribution in [0, 0.1) is 0 Å². The van der Waals surface area contributed by atoms with Gasteiger partial charge in [0.15, 0.2) is 0 Å². The van der Waals surface area contributed by atoms with Gasteiger partial charge < -0.3 is 0 Å². The zero-order valence-electron chi connectivity index (χ0n) is 5.90. The van der Waals surface area contributed by atoms with Crippen LogP contribution in [0.25, 0.3) is 0 Å². The number of hydrogen-bond donors (Lipinski definition) is 0. The molecule has 0 fully saturated rings. The smallest absolute Gasteiger partial charge is 0.0753 e. The highest BCUT2D eigenvalue weighted by molar-refractivity contribution is 9.12. The topological polar surface area (TPSA) is 3.24 Å².